The number of nitrogens with one attached hydrogen (secondary N) is 1. The highest BCUT2D eigenvalue weighted by Crippen LogP contribution is 2.27. The number of aliphatic hydroxyl groups excluding tert-OH is 1. The van der Waals surface area contributed by atoms with Crippen LogP contribution in [0.4, 0.5) is 0 Å². The summed E-state index contributed by atoms with van der Waals surface area (Å²) in [5.41, 5.74) is 0. The van der Waals surface area contributed by atoms with Crippen molar-refractivity contribution in [2.45, 2.75) is 43.4 Å². The van der Waals surface area contributed by atoms with E-state index in [4.69, 9.17) is 5.11 Å². The van der Waals surface area contributed by atoms with E-state index in [9.17, 15) is 8.42 Å². The van der Waals surface area contributed by atoms with Crippen molar-refractivity contribution in [3.05, 3.63) is 0 Å². The minimum atomic E-state index is -3.40. The van der Waals surface area contributed by atoms with E-state index in [-0.39, 0.29) is 12.6 Å². The van der Waals surface area contributed by atoms with Gasteiger partial charge in [-0.2, -0.15) is 29.2 Å². The number of hydrogen-bond donors (Lipinski definition) is 2. The van der Waals surface area contributed by atoms with Crippen LogP contribution in [0.3, 0.4) is 0 Å². The molecule has 1 aliphatic carbocycles. The summed E-state index contributed by atoms with van der Waals surface area (Å²) in [5, 5.41) is 9.29. The Morgan fingerprint density at radius 2 is 2.17 bits per heavy atom. The monoisotopic (exact) mass is 296 g/mol. The molecule has 108 valence electrons. The lowest BCUT2D eigenvalue weighted by Gasteiger charge is -2.30. The third-order valence-electron chi connectivity index (χ3n) is 3.32. The van der Waals surface area contributed by atoms with Crippen LogP contribution >= 0.6 is 11.8 Å². The topological polar surface area (TPSA) is 69.6 Å². The van der Waals surface area contributed by atoms with Crippen molar-refractivity contribution in [2.24, 2.45) is 0 Å². The van der Waals surface area contributed by atoms with Crippen molar-refractivity contribution in [2.75, 3.05) is 26.5 Å². The minimum Gasteiger partial charge on any atom is -0.396 e. The quantitative estimate of drug-likeness (QED) is 0.729. The fraction of sp³-hybridized carbons (Fsp3) is 1.00. The molecule has 2 unspecified atom stereocenters. The normalized spacial score (nSPS) is 25.6. The molecule has 5 nitrogen and oxygen atoms in total. The van der Waals surface area contributed by atoms with E-state index in [1.165, 1.54) is 10.7 Å². The molecule has 1 rings (SSSR count). The Labute approximate surface area is 115 Å². The Hall–Kier alpha value is 0.180. The van der Waals surface area contributed by atoms with Gasteiger partial charge in [0.2, 0.25) is 0 Å². The van der Waals surface area contributed by atoms with Crippen LogP contribution in [0.25, 0.3) is 0 Å². The molecule has 0 aromatic carbocycles. The van der Waals surface area contributed by atoms with Crippen LogP contribution in [-0.2, 0) is 10.2 Å². The van der Waals surface area contributed by atoms with Gasteiger partial charge in [0, 0.05) is 31.5 Å². The van der Waals surface area contributed by atoms with Gasteiger partial charge in [0.05, 0.1) is 0 Å². The first kappa shape index (κ1) is 16.2. The number of aliphatic hydroxyl groups is 1. The van der Waals surface area contributed by atoms with E-state index in [1.807, 2.05) is 11.8 Å². The molecule has 0 heterocycles. The van der Waals surface area contributed by atoms with E-state index >= 15 is 0 Å². The molecule has 1 saturated carbocycles. The highest BCUT2D eigenvalue weighted by Gasteiger charge is 2.27. The summed E-state index contributed by atoms with van der Waals surface area (Å²) in [6.07, 6.45) is 6.64. The molecule has 0 saturated heterocycles. The van der Waals surface area contributed by atoms with Crippen molar-refractivity contribution in [1.82, 2.24) is 9.03 Å². The van der Waals surface area contributed by atoms with E-state index in [0.29, 0.717) is 18.2 Å². The number of thioether (sulfide) groups is 1. The first-order valence-electron chi connectivity index (χ1n) is 6.37. The highest BCUT2D eigenvalue weighted by molar-refractivity contribution is 7.99. The average molecular weight is 296 g/mol. The smallest absolute Gasteiger partial charge is 0.279 e. The van der Waals surface area contributed by atoms with Crippen molar-refractivity contribution in [3.63, 3.8) is 0 Å². The average Bonchev–Trinajstić information content (AvgIpc) is 2.35. The molecule has 0 amide bonds. The molecular formula is C11H24N2O3S2. The summed E-state index contributed by atoms with van der Waals surface area (Å²) in [4.78, 5) is 0. The van der Waals surface area contributed by atoms with Crippen molar-refractivity contribution < 1.29 is 13.5 Å². The van der Waals surface area contributed by atoms with Crippen LogP contribution in [0.1, 0.15) is 32.1 Å². The van der Waals surface area contributed by atoms with Crippen molar-refractivity contribution in [1.29, 1.82) is 0 Å². The van der Waals surface area contributed by atoms with Crippen LogP contribution < -0.4 is 4.72 Å². The lowest BCUT2D eigenvalue weighted by Crippen LogP contribution is -2.46. The summed E-state index contributed by atoms with van der Waals surface area (Å²) in [5.74, 6) is 0. The Morgan fingerprint density at radius 1 is 1.44 bits per heavy atom. The first-order chi connectivity index (χ1) is 8.49. The van der Waals surface area contributed by atoms with Crippen LogP contribution in [-0.4, -0.2) is 55.6 Å². The molecule has 1 aliphatic rings. The molecule has 2 atom stereocenters. The second-order valence-corrected chi connectivity index (χ2v) is 7.69. The molecule has 1 fully saturated rings. The molecule has 0 aromatic rings. The third-order valence-corrected chi connectivity index (χ3v) is 6.05. The zero-order chi connectivity index (χ0) is 13.6. The summed E-state index contributed by atoms with van der Waals surface area (Å²) in [6, 6.07) is 0.0535. The zero-order valence-corrected chi connectivity index (χ0v) is 12.8. The van der Waals surface area contributed by atoms with Gasteiger partial charge < -0.3 is 5.11 Å². The van der Waals surface area contributed by atoms with E-state index in [1.54, 1.807) is 7.05 Å². The van der Waals surface area contributed by atoms with Crippen molar-refractivity contribution >= 4 is 22.0 Å². The predicted octanol–water partition coefficient (Wildman–Crippen LogP) is 0.809. The molecule has 18 heavy (non-hydrogen) atoms. The molecule has 7 heteroatoms. The lowest BCUT2D eigenvalue weighted by molar-refractivity contribution is 0.274. The second kappa shape index (κ2) is 7.69. The van der Waals surface area contributed by atoms with Crippen molar-refractivity contribution in [3.8, 4) is 0 Å². The molecular weight excluding hydrogens is 272 g/mol. The Kier molecular flexibility index (Phi) is 6.94. The van der Waals surface area contributed by atoms with Gasteiger partial charge in [-0.15, -0.1) is 0 Å². The zero-order valence-electron chi connectivity index (χ0n) is 11.1. The maximum absolute atomic E-state index is 12.0. The van der Waals surface area contributed by atoms with E-state index < -0.39 is 10.2 Å². The Balaban J connectivity index is 2.48. The van der Waals surface area contributed by atoms with Gasteiger partial charge in [0.15, 0.2) is 0 Å². The van der Waals surface area contributed by atoms with Gasteiger partial charge in [0.25, 0.3) is 10.2 Å². The van der Waals surface area contributed by atoms with Gasteiger partial charge in [0.1, 0.15) is 0 Å². The van der Waals surface area contributed by atoms with Gasteiger partial charge in [-0.25, -0.2) is 0 Å². The SMILES string of the molecule is CSC1CCCC(NS(=O)(=O)N(C)CCCO)C1. The summed E-state index contributed by atoms with van der Waals surface area (Å²) in [7, 11) is -1.85. The predicted molar refractivity (Wildman–Crippen MR) is 75.9 cm³/mol. The summed E-state index contributed by atoms with van der Waals surface area (Å²) >= 11 is 1.82. The molecule has 0 bridgehead atoms. The highest BCUT2D eigenvalue weighted by atomic mass is 32.2. The maximum Gasteiger partial charge on any atom is 0.279 e. The number of hydrogen-bond acceptors (Lipinski definition) is 4. The lowest BCUT2D eigenvalue weighted by atomic mass is 9.96. The largest absolute Gasteiger partial charge is 0.396 e. The van der Waals surface area contributed by atoms with Crippen LogP contribution in [0.2, 0.25) is 0 Å². The molecule has 2 N–H and O–H groups in total. The van der Waals surface area contributed by atoms with Gasteiger partial charge in [-0.1, -0.05) is 6.42 Å². The van der Waals surface area contributed by atoms with E-state index in [0.717, 1.165) is 19.3 Å². The fourth-order valence-corrected chi connectivity index (χ4v) is 4.19. The van der Waals surface area contributed by atoms with Gasteiger partial charge >= 0.3 is 0 Å². The summed E-state index contributed by atoms with van der Waals surface area (Å²) < 4.78 is 28.1. The number of nitrogens with zero attached hydrogens (tertiary/aromatic N) is 1. The summed E-state index contributed by atoms with van der Waals surface area (Å²) in [6.45, 7) is 0.363. The third kappa shape index (κ3) is 5.05. The molecule has 0 aliphatic heterocycles. The molecule has 0 spiro atoms. The van der Waals surface area contributed by atoms with Gasteiger partial charge in [-0.3, -0.25) is 0 Å². The van der Waals surface area contributed by atoms with Crippen LogP contribution in [0.15, 0.2) is 0 Å². The Bertz CT molecular complexity index is 335. The second-order valence-electron chi connectivity index (χ2n) is 4.74. The van der Waals surface area contributed by atoms with Crippen LogP contribution in [0, 0.1) is 0 Å². The molecule has 0 radical (unpaired) electrons. The minimum absolute atomic E-state index is 0.0117. The Morgan fingerprint density at radius 3 is 2.78 bits per heavy atom. The molecule has 0 aromatic heterocycles. The number of rotatable bonds is 7. The maximum atomic E-state index is 12.0. The van der Waals surface area contributed by atoms with E-state index in [2.05, 4.69) is 11.0 Å². The fourth-order valence-electron chi connectivity index (χ4n) is 2.18. The first-order valence-corrected chi connectivity index (χ1v) is 9.09. The van der Waals surface area contributed by atoms with Crippen LogP contribution in [0.5, 0.6) is 0 Å². The standard InChI is InChI=1S/C11H24N2O3S2/c1-13(7-4-8-14)18(15,16)12-10-5-3-6-11(9-10)17-2/h10-12,14H,3-9H2,1-2H3. The van der Waals surface area contributed by atoms with Gasteiger partial charge in [-0.05, 0) is 31.9 Å².